The summed E-state index contributed by atoms with van der Waals surface area (Å²) >= 11 is 1.29. The zero-order chi connectivity index (χ0) is 20.8. The third-order valence-electron chi connectivity index (χ3n) is 5.06. The molecule has 0 spiro atoms. The minimum absolute atomic E-state index is 0.0490. The van der Waals surface area contributed by atoms with Crippen molar-refractivity contribution >= 4 is 22.5 Å². The maximum absolute atomic E-state index is 12.5. The first kappa shape index (κ1) is 20.2. The lowest BCUT2D eigenvalue weighted by molar-refractivity contribution is 0.224. The minimum atomic E-state index is -0.308. The second-order valence-electron chi connectivity index (χ2n) is 6.96. The molecule has 1 aliphatic heterocycles. The second kappa shape index (κ2) is 9.64. The summed E-state index contributed by atoms with van der Waals surface area (Å²) in [5, 5.41) is 15.0. The number of rotatable bonds is 7. The molecule has 2 N–H and O–H groups in total. The molecule has 1 fully saturated rings. The van der Waals surface area contributed by atoms with Crippen LogP contribution in [0, 0.1) is 0 Å². The molecule has 1 aromatic carbocycles. The van der Waals surface area contributed by atoms with E-state index in [9.17, 15) is 4.79 Å². The lowest BCUT2D eigenvalue weighted by Crippen LogP contribution is -2.38. The molecule has 3 heterocycles. The maximum Gasteiger partial charge on any atom is 0.321 e. The Morgan fingerprint density at radius 2 is 1.97 bits per heavy atom. The van der Waals surface area contributed by atoms with Crippen LogP contribution in [0.2, 0.25) is 0 Å². The third-order valence-corrected chi connectivity index (χ3v) is 5.93. The number of amides is 2. The highest BCUT2D eigenvalue weighted by atomic mass is 32.1. The van der Waals surface area contributed by atoms with E-state index in [-0.39, 0.29) is 12.1 Å². The highest BCUT2D eigenvalue weighted by molar-refractivity contribution is 7.18. The Morgan fingerprint density at radius 1 is 1.17 bits per heavy atom. The highest BCUT2D eigenvalue weighted by Gasteiger charge is 2.26. The van der Waals surface area contributed by atoms with Crippen molar-refractivity contribution in [3.63, 3.8) is 0 Å². The number of para-hydroxylation sites is 1. The lowest BCUT2D eigenvalue weighted by Gasteiger charge is -2.29. The minimum Gasteiger partial charge on any atom is -0.496 e. The number of nitrogens with one attached hydrogen (secondary N) is 2. The van der Waals surface area contributed by atoms with Crippen LogP contribution in [0.3, 0.4) is 0 Å². The van der Waals surface area contributed by atoms with Gasteiger partial charge in [-0.05, 0) is 44.1 Å². The number of carbonyl (C=O) groups excluding carboxylic acids is 1. The zero-order valence-corrected chi connectivity index (χ0v) is 17.6. The average Bonchev–Trinajstić information content (AvgIpc) is 3.47. The van der Waals surface area contributed by atoms with E-state index in [1.54, 1.807) is 13.3 Å². The topological polar surface area (TPSA) is 92.3 Å². The molecule has 1 aliphatic rings. The number of aromatic nitrogens is 3. The number of hydrogen-bond acceptors (Lipinski definition) is 7. The van der Waals surface area contributed by atoms with Gasteiger partial charge in [-0.25, -0.2) is 4.79 Å². The summed E-state index contributed by atoms with van der Waals surface area (Å²) < 4.78 is 5.56. The zero-order valence-electron chi connectivity index (χ0n) is 16.7. The summed E-state index contributed by atoms with van der Waals surface area (Å²) in [5.74, 6) is 0.834. The van der Waals surface area contributed by atoms with E-state index in [4.69, 9.17) is 4.74 Å². The Bertz CT molecular complexity index is 974. The maximum atomic E-state index is 12.5. The molecule has 9 heteroatoms. The number of ether oxygens (including phenoxy) is 1. The van der Waals surface area contributed by atoms with Gasteiger partial charge in [0, 0.05) is 18.3 Å². The quantitative estimate of drug-likeness (QED) is 0.602. The van der Waals surface area contributed by atoms with Crippen LogP contribution in [-0.2, 0) is 0 Å². The van der Waals surface area contributed by atoms with E-state index in [2.05, 4.69) is 36.8 Å². The molecule has 3 aromatic rings. The molecule has 1 atom stereocenters. The first-order chi connectivity index (χ1) is 14.7. The van der Waals surface area contributed by atoms with Gasteiger partial charge >= 0.3 is 6.03 Å². The van der Waals surface area contributed by atoms with Gasteiger partial charge in [-0.2, -0.15) is 0 Å². The monoisotopic (exact) mass is 424 g/mol. The van der Waals surface area contributed by atoms with Crippen molar-refractivity contribution in [2.24, 2.45) is 0 Å². The van der Waals surface area contributed by atoms with E-state index >= 15 is 0 Å². The summed E-state index contributed by atoms with van der Waals surface area (Å²) in [6, 6.07) is 13.3. The number of carbonyl (C=O) groups is 1. The van der Waals surface area contributed by atoms with Crippen LogP contribution in [0.1, 0.15) is 24.4 Å². The van der Waals surface area contributed by atoms with E-state index in [1.165, 1.54) is 24.2 Å². The first-order valence-electron chi connectivity index (χ1n) is 9.91. The molecule has 0 saturated carbocycles. The van der Waals surface area contributed by atoms with Crippen LogP contribution in [0.25, 0.3) is 10.7 Å². The fraction of sp³-hybridized carbons (Fsp3) is 0.333. The standard InChI is InChI=1S/C21H24N6O2S/c1-29-18-10-3-2-8-15(18)17(27-12-6-7-13-27)14-23-20(28)24-21-26-25-19(30-21)16-9-4-5-11-22-16/h2-5,8-11,17H,6-7,12-14H2,1H3,(H2,23,24,26,28). The van der Waals surface area contributed by atoms with Crippen molar-refractivity contribution in [1.82, 2.24) is 25.4 Å². The van der Waals surface area contributed by atoms with Gasteiger partial charge in [0.15, 0.2) is 5.01 Å². The van der Waals surface area contributed by atoms with Gasteiger partial charge in [0.2, 0.25) is 5.13 Å². The molecule has 156 valence electrons. The first-order valence-corrected chi connectivity index (χ1v) is 10.7. The van der Waals surface area contributed by atoms with E-state index in [0.29, 0.717) is 16.7 Å². The number of likely N-dealkylation sites (tertiary alicyclic amines) is 1. The Balaban J connectivity index is 1.41. The van der Waals surface area contributed by atoms with E-state index in [0.717, 1.165) is 30.1 Å². The normalized spacial score (nSPS) is 15.0. The highest BCUT2D eigenvalue weighted by Crippen LogP contribution is 2.31. The lowest BCUT2D eigenvalue weighted by atomic mass is 10.0. The molecule has 4 rings (SSSR count). The number of urea groups is 1. The summed E-state index contributed by atoms with van der Waals surface area (Å²) in [6.07, 6.45) is 4.03. The van der Waals surface area contributed by atoms with Crippen LogP contribution in [0.5, 0.6) is 5.75 Å². The molecule has 2 aromatic heterocycles. The van der Waals surface area contributed by atoms with Gasteiger partial charge in [0.25, 0.3) is 0 Å². The molecule has 30 heavy (non-hydrogen) atoms. The summed E-state index contributed by atoms with van der Waals surface area (Å²) in [4.78, 5) is 19.2. The Kier molecular flexibility index (Phi) is 6.50. The number of methoxy groups -OCH3 is 1. The van der Waals surface area contributed by atoms with Crippen LogP contribution in [0.4, 0.5) is 9.93 Å². The summed E-state index contributed by atoms with van der Waals surface area (Å²) in [6.45, 7) is 2.49. The molecular formula is C21H24N6O2S. The van der Waals surface area contributed by atoms with Crippen molar-refractivity contribution in [3.8, 4) is 16.5 Å². The molecular weight excluding hydrogens is 400 g/mol. The molecule has 0 aliphatic carbocycles. The molecule has 0 bridgehead atoms. The smallest absolute Gasteiger partial charge is 0.321 e. The third kappa shape index (κ3) is 4.74. The number of nitrogens with zero attached hydrogens (tertiary/aromatic N) is 4. The molecule has 0 radical (unpaired) electrons. The van der Waals surface area contributed by atoms with E-state index in [1.807, 2.05) is 36.4 Å². The number of pyridine rings is 1. The molecule has 1 saturated heterocycles. The number of hydrogen-bond donors (Lipinski definition) is 2. The fourth-order valence-electron chi connectivity index (χ4n) is 3.63. The number of benzene rings is 1. The van der Waals surface area contributed by atoms with Gasteiger partial charge in [-0.3, -0.25) is 15.2 Å². The fourth-order valence-corrected chi connectivity index (χ4v) is 4.34. The Hall–Kier alpha value is -3.04. The molecule has 1 unspecified atom stereocenters. The average molecular weight is 425 g/mol. The van der Waals surface area contributed by atoms with Crippen molar-refractivity contribution in [2.75, 3.05) is 32.1 Å². The molecule has 8 nitrogen and oxygen atoms in total. The van der Waals surface area contributed by atoms with Gasteiger partial charge in [-0.15, -0.1) is 10.2 Å². The van der Waals surface area contributed by atoms with Crippen molar-refractivity contribution < 1.29 is 9.53 Å². The van der Waals surface area contributed by atoms with Gasteiger partial charge in [-0.1, -0.05) is 35.6 Å². The van der Waals surface area contributed by atoms with Crippen LogP contribution in [0.15, 0.2) is 48.7 Å². The van der Waals surface area contributed by atoms with Gasteiger partial charge in [0.1, 0.15) is 11.4 Å². The Morgan fingerprint density at radius 3 is 2.73 bits per heavy atom. The van der Waals surface area contributed by atoms with Gasteiger partial charge < -0.3 is 10.1 Å². The summed E-state index contributed by atoms with van der Waals surface area (Å²) in [5.41, 5.74) is 1.81. The predicted molar refractivity (Wildman–Crippen MR) is 117 cm³/mol. The predicted octanol–water partition coefficient (Wildman–Crippen LogP) is 3.57. The molecule has 2 amide bonds. The van der Waals surface area contributed by atoms with Crippen LogP contribution >= 0.6 is 11.3 Å². The van der Waals surface area contributed by atoms with Crippen LogP contribution < -0.4 is 15.4 Å². The second-order valence-corrected chi connectivity index (χ2v) is 7.94. The van der Waals surface area contributed by atoms with Crippen molar-refractivity contribution in [3.05, 3.63) is 54.2 Å². The van der Waals surface area contributed by atoms with Crippen molar-refractivity contribution in [1.29, 1.82) is 0 Å². The largest absolute Gasteiger partial charge is 0.496 e. The summed E-state index contributed by atoms with van der Waals surface area (Å²) in [7, 11) is 1.68. The number of anilines is 1. The Labute approximate surface area is 179 Å². The van der Waals surface area contributed by atoms with E-state index < -0.39 is 0 Å². The van der Waals surface area contributed by atoms with Crippen molar-refractivity contribution in [2.45, 2.75) is 18.9 Å². The van der Waals surface area contributed by atoms with Gasteiger partial charge in [0.05, 0.1) is 13.2 Å². The van der Waals surface area contributed by atoms with Crippen LogP contribution in [-0.4, -0.2) is 52.9 Å². The SMILES string of the molecule is COc1ccccc1C(CNC(=O)Nc1nnc(-c2ccccn2)s1)N1CCCC1.